The molecule has 9 atom stereocenters. The first-order chi connectivity index (χ1) is 26.5. The molecule has 0 radical (unpaired) electrons. The minimum absolute atomic E-state index is 0.00223. The monoisotopic (exact) mass is 776 g/mol. The molecule has 2 aromatic rings. The van der Waals surface area contributed by atoms with Crippen LogP contribution in [0.15, 0.2) is 36.4 Å². The van der Waals surface area contributed by atoms with Gasteiger partial charge >= 0.3 is 0 Å². The maximum absolute atomic E-state index is 14.4. The summed E-state index contributed by atoms with van der Waals surface area (Å²) in [6.45, 7) is 14.1. The quantitative estimate of drug-likeness (QED) is 0.163. The summed E-state index contributed by atoms with van der Waals surface area (Å²) in [5.74, 6) is 2.14. The number of aliphatic hydroxyl groups is 2. The summed E-state index contributed by atoms with van der Waals surface area (Å²) >= 11 is 0. The molecule has 7 rings (SSSR count). The maximum Gasteiger partial charge on any atom is 0.251 e. The number of benzene rings is 2. The van der Waals surface area contributed by atoms with Crippen molar-refractivity contribution >= 4 is 17.5 Å². The van der Waals surface area contributed by atoms with Crippen LogP contribution in [0.1, 0.15) is 89.6 Å². The van der Waals surface area contributed by atoms with Crippen LogP contribution in [0.3, 0.4) is 0 Å². The van der Waals surface area contributed by atoms with Crippen molar-refractivity contribution in [3.63, 3.8) is 0 Å². The smallest absolute Gasteiger partial charge is 0.251 e. The average molecular weight is 776 g/mol. The Bertz CT molecular complexity index is 1680. The highest BCUT2D eigenvalue weighted by Crippen LogP contribution is 2.61. The van der Waals surface area contributed by atoms with E-state index in [2.05, 4.69) is 56.2 Å². The fourth-order valence-corrected chi connectivity index (χ4v) is 9.86. The minimum atomic E-state index is -0.892. The van der Waals surface area contributed by atoms with Crippen molar-refractivity contribution in [2.75, 3.05) is 52.8 Å². The van der Waals surface area contributed by atoms with Gasteiger partial charge in [0, 0.05) is 61.0 Å². The number of nitrogens with zero attached hydrogens (tertiary/aromatic N) is 3. The van der Waals surface area contributed by atoms with Gasteiger partial charge in [-0.05, 0) is 112 Å². The fraction of sp³-hybridized carbons (Fsp3) is 0.689. The van der Waals surface area contributed by atoms with Gasteiger partial charge in [0.15, 0.2) is 0 Å². The second kappa shape index (κ2) is 17.3. The number of carbonyl (C=O) groups excluding carboxylic acids is 2. The van der Waals surface area contributed by atoms with E-state index >= 15 is 0 Å². The van der Waals surface area contributed by atoms with Crippen LogP contribution in [-0.4, -0.2) is 110 Å². The predicted octanol–water partition coefficient (Wildman–Crippen LogP) is 5.58. The SMILES string of the molecule is CC(C)C[C@@H](CN(C)C)NC(=O)c1cc(-c2cccc(CN3O[C@@H](CO)[C@@H]([C@H](C)O)[C@H]3C(=O)N[C@H]3C[C@H]4C[C@@H]([C@@H]3C)C4(C)C)c2OCC2CC2)cc(N(C)C)c1. The second-order valence-electron chi connectivity index (χ2n) is 19.0. The van der Waals surface area contributed by atoms with Gasteiger partial charge in [0.2, 0.25) is 5.91 Å². The van der Waals surface area contributed by atoms with Gasteiger partial charge in [-0.3, -0.25) is 14.4 Å². The number of nitrogens with one attached hydrogen (secondary N) is 2. The third-order valence-electron chi connectivity index (χ3n) is 13.3. The van der Waals surface area contributed by atoms with Crippen LogP contribution in [0.2, 0.25) is 0 Å². The molecule has 0 spiro atoms. The van der Waals surface area contributed by atoms with Gasteiger partial charge in [-0.1, -0.05) is 52.8 Å². The Balaban J connectivity index is 1.33. The number of carbonyl (C=O) groups is 2. The summed E-state index contributed by atoms with van der Waals surface area (Å²) in [6.07, 6.45) is 3.62. The Morgan fingerprint density at radius 3 is 2.39 bits per heavy atom. The molecule has 56 heavy (non-hydrogen) atoms. The summed E-state index contributed by atoms with van der Waals surface area (Å²) in [6, 6.07) is 11.2. The molecule has 2 amide bonds. The number of anilines is 1. The van der Waals surface area contributed by atoms with E-state index in [1.54, 1.807) is 12.0 Å². The van der Waals surface area contributed by atoms with Crippen LogP contribution in [0, 0.1) is 40.9 Å². The molecule has 1 aliphatic heterocycles. The first-order valence-electron chi connectivity index (χ1n) is 21.0. The van der Waals surface area contributed by atoms with Crippen molar-refractivity contribution < 1.29 is 29.4 Å². The Labute approximate surface area is 335 Å². The Hall–Kier alpha value is -3.22. The lowest BCUT2D eigenvalue weighted by atomic mass is 9.45. The third-order valence-corrected chi connectivity index (χ3v) is 13.3. The van der Waals surface area contributed by atoms with Gasteiger partial charge in [0.1, 0.15) is 17.9 Å². The topological polar surface area (TPSA) is 127 Å². The molecule has 0 unspecified atom stereocenters. The van der Waals surface area contributed by atoms with Gasteiger partial charge in [-0.2, -0.15) is 5.06 Å². The van der Waals surface area contributed by atoms with Crippen molar-refractivity contribution in [2.45, 2.75) is 111 Å². The molecule has 11 nitrogen and oxygen atoms in total. The molecule has 2 aromatic carbocycles. The largest absolute Gasteiger partial charge is 0.492 e. The number of aliphatic hydroxyl groups excluding tert-OH is 2. The predicted molar refractivity (Wildman–Crippen MR) is 221 cm³/mol. The van der Waals surface area contributed by atoms with Gasteiger partial charge in [0.25, 0.3) is 5.91 Å². The molecule has 1 heterocycles. The highest BCUT2D eigenvalue weighted by atomic mass is 16.7. The molecule has 4 aliphatic carbocycles. The van der Waals surface area contributed by atoms with Crippen LogP contribution in [0.4, 0.5) is 5.69 Å². The fourth-order valence-electron chi connectivity index (χ4n) is 9.86. The standard InChI is InChI=1S/C45H69N5O6/c1-26(2)16-34(23-48(7)8)46-43(53)32-17-31(18-35(19-32)49(9)10)36-13-11-12-30(42(36)55-25-29-14-15-29)22-50-41(40(28(4)52)39(24-51)56-50)44(54)47-38-21-33-20-37(27(38)3)45(33,5)6/h11-13,17-19,26-29,33-34,37-41,51-52H,14-16,20-25H2,1-10H3,(H,46,53)(H,47,54)/t27-,28-,33+,34-,37-,38-,39-,40+,41-/m0/s1. The number of rotatable bonds is 17. The zero-order valence-electron chi connectivity index (χ0n) is 35.5. The molecule has 11 heteroatoms. The zero-order valence-corrected chi connectivity index (χ0v) is 35.5. The number of amides is 2. The number of hydrogen-bond acceptors (Lipinski definition) is 9. The summed E-state index contributed by atoms with van der Waals surface area (Å²) in [5, 5.41) is 29.9. The second-order valence-corrected chi connectivity index (χ2v) is 19.0. The molecule has 310 valence electrons. The molecule has 4 N–H and O–H groups in total. The van der Waals surface area contributed by atoms with Gasteiger partial charge in [-0.15, -0.1) is 0 Å². The molecular formula is C45H69N5O6. The number of hydroxylamine groups is 2. The summed E-state index contributed by atoms with van der Waals surface area (Å²) in [5.41, 5.74) is 4.26. The molecule has 1 saturated heterocycles. The zero-order chi connectivity index (χ0) is 40.6. The normalized spacial score (nSPS) is 28.1. The molecule has 4 saturated carbocycles. The molecule has 0 aromatic heterocycles. The highest BCUT2D eigenvalue weighted by molar-refractivity contribution is 5.97. The lowest BCUT2D eigenvalue weighted by Gasteiger charge is -2.62. The molecular weight excluding hydrogens is 707 g/mol. The van der Waals surface area contributed by atoms with Crippen molar-refractivity contribution in [1.82, 2.24) is 20.6 Å². The van der Waals surface area contributed by atoms with Crippen molar-refractivity contribution in [3.05, 3.63) is 47.5 Å². The minimum Gasteiger partial charge on any atom is -0.492 e. The Kier molecular flexibility index (Phi) is 13.1. The number of fused-ring (bicyclic) bond motifs is 2. The number of likely N-dealkylation sites (N-methyl/N-ethyl adjacent to an activating group) is 1. The van der Waals surface area contributed by atoms with Crippen LogP contribution >= 0.6 is 0 Å². The van der Waals surface area contributed by atoms with E-state index in [9.17, 15) is 19.8 Å². The molecule has 5 fully saturated rings. The van der Waals surface area contributed by atoms with E-state index in [1.807, 2.05) is 63.4 Å². The van der Waals surface area contributed by atoms with Gasteiger partial charge in [-0.25, -0.2) is 0 Å². The van der Waals surface area contributed by atoms with Crippen LogP contribution in [-0.2, 0) is 16.2 Å². The maximum atomic E-state index is 14.4. The number of para-hydroxylation sites is 1. The molecule has 5 aliphatic rings. The van der Waals surface area contributed by atoms with Gasteiger partial charge in [0.05, 0.1) is 25.9 Å². The van der Waals surface area contributed by atoms with E-state index in [4.69, 9.17) is 9.57 Å². The van der Waals surface area contributed by atoms with E-state index in [0.29, 0.717) is 47.5 Å². The lowest BCUT2D eigenvalue weighted by Crippen LogP contribution is -2.62. The first kappa shape index (κ1) is 42.4. The van der Waals surface area contributed by atoms with E-state index < -0.39 is 24.2 Å². The van der Waals surface area contributed by atoms with Crippen LogP contribution < -0.4 is 20.3 Å². The average Bonchev–Trinajstić information content (AvgIpc) is 3.88. The van der Waals surface area contributed by atoms with Gasteiger partial charge < -0.3 is 35.4 Å². The van der Waals surface area contributed by atoms with E-state index in [-0.39, 0.29) is 42.5 Å². The summed E-state index contributed by atoms with van der Waals surface area (Å²) < 4.78 is 6.70. The van der Waals surface area contributed by atoms with Crippen LogP contribution in [0.5, 0.6) is 5.75 Å². The number of ether oxygens (including phenoxy) is 1. The molecule has 2 bridgehead atoms. The summed E-state index contributed by atoms with van der Waals surface area (Å²) in [4.78, 5) is 38.9. The Morgan fingerprint density at radius 2 is 1.80 bits per heavy atom. The Morgan fingerprint density at radius 1 is 1.07 bits per heavy atom. The van der Waals surface area contributed by atoms with Crippen molar-refractivity contribution in [2.24, 2.45) is 40.9 Å². The van der Waals surface area contributed by atoms with E-state index in [1.165, 1.54) is 6.42 Å². The first-order valence-corrected chi connectivity index (χ1v) is 21.0. The van der Waals surface area contributed by atoms with E-state index in [0.717, 1.165) is 54.6 Å². The number of hydrogen-bond donors (Lipinski definition) is 4. The van der Waals surface area contributed by atoms with Crippen molar-refractivity contribution in [3.8, 4) is 16.9 Å². The summed E-state index contributed by atoms with van der Waals surface area (Å²) in [7, 11) is 7.99. The lowest BCUT2D eigenvalue weighted by molar-refractivity contribution is -0.183. The highest BCUT2D eigenvalue weighted by Gasteiger charge is 2.57. The van der Waals surface area contributed by atoms with Crippen LogP contribution in [0.25, 0.3) is 11.1 Å². The third kappa shape index (κ3) is 9.23. The van der Waals surface area contributed by atoms with Crippen molar-refractivity contribution in [1.29, 1.82) is 0 Å².